The highest BCUT2D eigenvalue weighted by molar-refractivity contribution is 6.55. The maximum Gasteiger partial charge on any atom is 0.496 e. The summed E-state index contributed by atoms with van der Waals surface area (Å²) in [6, 6.07) is -0.777. The van der Waals surface area contributed by atoms with Crippen molar-refractivity contribution >= 4 is 7.12 Å². The Morgan fingerprint density at radius 3 is 2.10 bits per heavy atom. The smallest absolute Gasteiger partial charge is 0.399 e. The van der Waals surface area contributed by atoms with Crippen LogP contribution in [0.25, 0.3) is 0 Å². The van der Waals surface area contributed by atoms with Gasteiger partial charge in [-0.3, -0.25) is 0 Å². The van der Waals surface area contributed by atoms with Gasteiger partial charge in [0.05, 0.1) is 22.8 Å². The number of allylic oxidation sites excluding steroid dienone is 2. The molecule has 2 aliphatic heterocycles. The third-order valence-corrected chi connectivity index (χ3v) is 4.14. The molecule has 1 fully saturated rings. The molecule has 2 aliphatic rings. The van der Waals surface area contributed by atoms with Crippen LogP contribution in [0.15, 0.2) is 23.3 Å². The molecule has 20 heavy (non-hydrogen) atoms. The standard InChI is InChI=1S/C13H19BF3NO2/c1-8-10(13(15,16)17)6-9(7-18-8)14-19-11(2,3)12(4,5)20-14/h6-8,18H,1-5H3. The van der Waals surface area contributed by atoms with Crippen LogP contribution in [0.2, 0.25) is 0 Å². The van der Waals surface area contributed by atoms with Crippen molar-refractivity contribution in [3.05, 3.63) is 23.3 Å². The largest absolute Gasteiger partial charge is 0.496 e. The molecule has 0 aromatic heterocycles. The van der Waals surface area contributed by atoms with Gasteiger partial charge in [-0.2, -0.15) is 13.2 Å². The van der Waals surface area contributed by atoms with Gasteiger partial charge in [0, 0.05) is 0 Å². The van der Waals surface area contributed by atoms with E-state index in [1.54, 1.807) is 0 Å². The molecule has 0 spiro atoms. The summed E-state index contributed by atoms with van der Waals surface area (Å²) < 4.78 is 50.3. The first-order valence-electron chi connectivity index (χ1n) is 6.54. The minimum Gasteiger partial charge on any atom is -0.399 e. The van der Waals surface area contributed by atoms with Crippen molar-refractivity contribution < 1.29 is 22.5 Å². The van der Waals surface area contributed by atoms with Crippen molar-refractivity contribution in [1.29, 1.82) is 0 Å². The van der Waals surface area contributed by atoms with Crippen molar-refractivity contribution in [2.24, 2.45) is 0 Å². The number of rotatable bonds is 1. The molecule has 0 saturated carbocycles. The summed E-state index contributed by atoms with van der Waals surface area (Å²) in [5, 5.41) is 2.71. The molecule has 1 N–H and O–H groups in total. The summed E-state index contributed by atoms with van der Waals surface area (Å²) in [5.74, 6) is 0. The maximum absolute atomic E-state index is 12.9. The number of alkyl halides is 3. The number of hydrogen-bond donors (Lipinski definition) is 1. The quantitative estimate of drug-likeness (QED) is 0.753. The third kappa shape index (κ3) is 2.61. The third-order valence-electron chi connectivity index (χ3n) is 4.14. The van der Waals surface area contributed by atoms with Crippen LogP contribution in [0, 0.1) is 0 Å². The first-order valence-corrected chi connectivity index (χ1v) is 6.54. The lowest BCUT2D eigenvalue weighted by Crippen LogP contribution is -2.41. The molecule has 0 aliphatic carbocycles. The van der Waals surface area contributed by atoms with Crippen molar-refractivity contribution in [2.75, 3.05) is 0 Å². The molecule has 2 heterocycles. The van der Waals surface area contributed by atoms with E-state index in [1.807, 2.05) is 27.7 Å². The predicted octanol–water partition coefficient (Wildman–Crippen LogP) is 2.98. The highest BCUT2D eigenvalue weighted by Gasteiger charge is 2.53. The zero-order valence-corrected chi connectivity index (χ0v) is 12.3. The summed E-state index contributed by atoms with van der Waals surface area (Å²) in [5.41, 5.74) is -1.42. The summed E-state index contributed by atoms with van der Waals surface area (Å²) >= 11 is 0. The van der Waals surface area contributed by atoms with Crippen LogP contribution < -0.4 is 5.32 Å². The van der Waals surface area contributed by atoms with Crippen LogP contribution >= 0.6 is 0 Å². The van der Waals surface area contributed by atoms with Gasteiger partial charge < -0.3 is 14.6 Å². The van der Waals surface area contributed by atoms with E-state index in [1.165, 1.54) is 13.1 Å². The molecule has 0 aromatic carbocycles. The van der Waals surface area contributed by atoms with E-state index in [4.69, 9.17) is 9.31 Å². The van der Waals surface area contributed by atoms with E-state index in [9.17, 15) is 13.2 Å². The highest BCUT2D eigenvalue weighted by Crippen LogP contribution is 2.40. The second-order valence-corrected chi connectivity index (χ2v) is 6.22. The average Bonchev–Trinajstić information content (AvgIpc) is 2.47. The Bertz CT molecular complexity index is 453. The van der Waals surface area contributed by atoms with E-state index in [0.29, 0.717) is 5.47 Å². The van der Waals surface area contributed by atoms with Crippen LogP contribution in [0.5, 0.6) is 0 Å². The van der Waals surface area contributed by atoms with Crippen molar-refractivity contribution in [2.45, 2.75) is 58.0 Å². The van der Waals surface area contributed by atoms with Gasteiger partial charge in [-0.1, -0.05) is 6.08 Å². The fourth-order valence-electron chi connectivity index (χ4n) is 2.10. The minimum atomic E-state index is -4.37. The highest BCUT2D eigenvalue weighted by atomic mass is 19.4. The molecule has 1 atom stereocenters. The van der Waals surface area contributed by atoms with Crippen LogP contribution in [0.3, 0.4) is 0 Å². The predicted molar refractivity (Wildman–Crippen MR) is 70.9 cm³/mol. The molecule has 0 bridgehead atoms. The molecule has 3 nitrogen and oxygen atoms in total. The molecular formula is C13H19BF3NO2. The van der Waals surface area contributed by atoms with Gasteiger partial charge in [-0.05, 0) is 46.3 Å². The number of nitrogens with one attached hydrogen (secondary N) is 1. The lowest BCUT2D eigenvalue weighted by molar-refractivity contribution is -0.0959. The van der Waals surface area contributed by atoms with Crippen LogP contribution in [-0.4, -0.2) is 30.5 Å². The Kier molecular flexibility index (Phi) is 3.50. The van der Waals surface area contributed by atoms with Gasteiger partial charge in [-0.25, -0.2) is 0 Å². The molecule has 1 saturated heterocycles. The minimum absolute atomic E-state index is 0.356. The number of dihydropyridines is 1. The first kappa shape index (κ1) is 15.4. The summed E-state index contributed by atoms with van der Waals surface area (Å²) in [4.78, 5) is 0. The van der Waals surface area contributed by atoms with Gasteiger partial charge in [0.15, 0.2) is 0 Å². The van der Waals surface area contributed by atoms with E-state index < -0.39 is 36.1 Å². The molecule has 0 radical (unpaired) electrons. The number of halogens is 3. The van der Waals surface area contributed by atoms with Gasteiger partial charge in [0.1, 0.15) is 0 Å². The maximum atomic E-state index is 12.9. The molecule has 2 rings (SSSR count). The van der Waals surface area contributed by atoms with E-state index in [-0.39, 0.29) is 0 Å². The van der Waals surface area contributed by atoms with Crippen molar-refractivity contribution in [3.8, 4) is 0 Å². The SMILES string of the molecule is CC1NC=C(B2OC(C)(C)C(C)(C)O2)C=C1C(F)(F)F. The Morgan fingerprint density at radius 2 is 1.65 bits per heavy atom. The molecular weight excluding hydrogens is 270 g/mol. The normalized spacial score (nSPS) is 28.8. The molecule has 0 aromatic rings. The van der Waals surface area contributed by atoms with Crippen LogP contribution in [0.4, 0.5) is 13.2 Å². The molecule has 7 heteroatoms. The second-order valence-electron chi connectivity index (χ2n) is 6.22. The summed E-state index contributed by atoms with van der Waals surface area (Å²) in [7, 11) is -0.794. The second kappa shape index (κ2) is 4.53. The van der Waals surface area contributed by atoms with E-state index in [0.717, 1.165) is 6.08 Å². The first-order chi connectivity index (χ1) is 8.94. The fraction of sp³-hybridized carbons (Fsp3) is 0.692. The van der Waals surface area contributed by atoms with Crippen LogP contribution in [-0.2, 0) is 9.31 Å². The Balaban J connectivity index is 2.26. The molecule has 112 valence electrons. The van der Waals surface area contributed by atoms with Crippen molar-refractivity contribution in [1.82, 2.24) is 5.32 Å². The van der Waals surface area contributed by atoms with Gasteiger partial charge >= 0.3 is 13.3 Å². The number of hydrogen-bond acceptors (Lipinski definition) is 3. The molecule has 1 unspecified atom stereocenters. The Hall–Kier alpha value is -0.945. The Labute approximate surface area is 117 Å². The van der Waals surface area contributed by atoms with Gasteiger partial charge in [0.25, 0.3) is 0 Å². The monoisotopic (exact) mass is 289 g/mol. The van der Waals surface area contributed by atoms with E-state index >= 15 is 0 Å². The average molecular weight is 289 g/mol. The zero-order chi connectivity index (χ0) is 15.3. The topological polar surface area (TPSA) is 30.5 Å². The lowest BCUT2D eigenvalue weighted by Gasteiger charge is -2.32. The van der Waals surface area contributed by atoms with E-state index in [2.05, 4.69) is 5.32 Å². The van der Waals surface area contributed by atoms with Gasteiger partial charge in [-0.15, -0.1) is 0 Å². The van der Waals surface area contributed by atoms with Crippen molar-refractivity contribution in [3.63, 3.8) is 0 Å². The lowest BCUT2D eigenvalue weighted by atomic mass is 9.76. The summed E-state index contributed by atoms with van der Waals surface area (Å²) in [6.45, 7) is 8.92. The zero-order valence-electron chi connectivity index (χ0n) is 12.3. The fourth-order valence-corrected chi connectivity index (χ4v) is 2.10. The molecule has 0 amide bonds. The van der Waals surface area contributed by atoms with Crippen LogP contribution in [0.1, 0.15) is 34.6 Å². The Morgan fingerprint density at radius 1 is 1.15 bits per heavy atom. The summed E-state index contributed by atoms with van der Waals surface area (Å²) in [6.07, 6.45) is -1.72. The van der Waals surface area contributed by atoms with Gasteiger partial charge in [0.2, 0.25) is 0 Å².